The first-order valence-electron chi connectivity index (χ1n) is 5.95. The lowest BCUT2D eigenvalue weighted by Gasteiger charge is -1.99. The molecule has 0 spiro atoms. The highest BCUT2D eigenvalue weighted by Gasteiger charge is 2.13. The van der Waals surface area contributed by atoms with Gasteiger partial charge in [0.05, 0.1) is 11.8 Å². The van der Waals surface area contributed by atoms with E-state index in [1.807, 2.05) is 6.92 Å². The molecule has 100 valence electrons. The van der Waals surface area contributed by atoms with E-state index in [4.69, 9.17) is 8.83 Å². The SMILES string of the molecule is C=CCNC(=O)CCc1nnc(-c2ccoc2C)o1. The fraction of sp³-hybridized carbons (Fsp3) is 0.308. The molecule has 0 saturated heterocycles. The first-order chi connectivity index (χ1) is 9.20. The van der Waals surface area contributed by atoms with E-state index in [1.54, 1.807) is 18.4 Å². The van der Waals surface area contributed by atoms with Crippen LogP contribution in [0.3, 0.4) is 0 Å². The third-order valence-corrected chi connectivity index (χ3v) is 2.57. The summed E-state index contributed by atoms with van der Waals surface area (Å²) >= 11 is 0. The zero-order valence-corrected chi connectivity index (χ0v) is 10.7. The molecule has 0 aliphatic heterocycles. The van der Waals surface area contributed by atoms with Crippen LogP contribution in [0.1, 0.15) is 18.1 Å². The summed E-state index contributed by atoms with van der Waals surface area (Å²) in [6.07, 6.45) is 3.91. The van der Waals surface area contributed by atoms with Crippen LogP contribution in [0.4, 0.5) is 0 Å². The maximum Gasteiger partial charge on any atom is 0.251 e. The smallest absolute Gasteiger partial charge is 0.251 e. The monoisotopic (exact) mass is 261 g/mol. The fourth-order valence-corrected chi connectivity index (χ4v) is 1.57. The number of amides is 1. The highest BCUT2D eigenvalue weighted by Crippen LogP contribution is 2.22. The number of aryl methyl sites for hydroxylation is 2. The van der Waals surface area contributed by atoms with Crippen molar-refractivity contribution >= 4 is 5.91 Å². The molecule has 2 rings (SSSR count). The van der Waals surface area contributed by atoms with Crippen molar-refractivity contribution in [3.8, 4) is 11.5 Å². The Bertz CT molecular complexity index is 571. The lowest BCUT2D eigenvalue weighted by molar-refractivity contribution is -0.120. The molecule has 0 unspecified atom stereocenters. The number of aromatic nitrogens is 2. The molecule has 0 radical (unpaired) electrons. The van der Waals surface area contributed by atoms with Crippen LogP contribution in [0.2, 0.25) is 0 Å². The predicted molar refractivity (Wildman–Crippen MR) is 68.3 cm³/mol. The lowest BCUT2D eigenvalue weighted by Crippen LogP contribution is -2.23. The highest BCUT2D eigenvalue weighted by molar-refractivity contribution is 5.76. The van der Waals surface area contributed by atoms with Crippen LogP contribution in [-0.2, 0) is 11.2 Å². The van der Waals surface area contributed by atoms with Crippen LogP contribution in [0.25, 0.3) is 11.5 Å². The molecule has 0 bridgehead atoms. The van der Waals surface area contributed by atoms with Gasteiger partial charge < -0.3 is 14.2 Å². The van der Waals surface area contributed by atoms with E-state index in [1.165, 1.54) is 0 Å². The van der Waals surface area contributed by atoms with Gasteiger partial charge in [0.15, 0.2) is 0 Å². The summed E-state index contributed by atoms with van der Waals surface area (Å²) in [4.78, 5) is 11.4. The van der Waals surface area contributed by atoms with Crippen molar-refractivity contribution in [1.82, 2.24) is 15.5 Å². The van der Waals surface area contributed by atoms with Gasteiger partial charge in [-0.15, -0.1) is 16.8 Å². The molecule has 1 N–H and O–H groups in total. The number of carbonyl (C=O) groups is 1. The van der Waals surface area contributed by atoms with Gasteiger partial charge in [0.2, 0.25) is 11.8 Å². The van der Waals surface area contributed by atoms with E-state index in [9.17, 15) is 4.79 Å². The Labute approximate surface area is 110 Å². The van der Waals surface area contributed by atoms with Crippen LogP contribution in [-0.4, -0.2) is 22.6 Å². The van der Waals surface area contributed by atoms with Crippen LogP contribution in [0, 0.1) is 6.92 Å². The molecule has 0 saturated carbocycles. The van der Waals surface area contributed by atoms with Crippen molar-refractivity contribution < 1.29 is 13.6 Å². The molecule has 0 aliphatic carbocycles. The Kier molecular flexibility index (Phi) is 4.12. The van der Waals surface area contributed by atoms with Gasteiger partial charge in [-0.2, -0.15) is 0 Å². The van der Waals surface area contributed by atoms with E-state index in [0.717, 1.165) is 11.3 Å². The molecule has 2 aromatic heterocycles. The van der Waals surface area contributed by atoms with Gasteiger partial charge in [-0.05, 0) is 13.0 Å². The molecule has 19 heavy (non-hydrogen) atoms. The Morgan fingerprint density at radius 2 is 2.37 bits per heavy atom. The van der Waals surface area contributed by atoms with Gasteiger partial charge in [-0.25, -0.2) is 0 Å². The summed E-state index contributed by atoms with van der Waals surface area (Å²) in [6, 6.07) is 1.77. The van der Waals surface area contributed by atoms with E-state index in [0.29, 0.717) is 31.2 Å². The third-order valence-electron chi connectivity index (χ3n) is 2.57. The first kappa shape index (κ1) is 13.1. The molecule has 2 aromatic rings. The molecule has 0 aliphatic rings. The van der Waals surface area contributed by atoms with Crippen LogP contribution >= 0.6 is 0 Å². The lowest BCUT2D eigenvalue weighted by atomic mass is 10.2. The van der Waals surface area contributed by atoms with Crippen molar-refractivity contribution in [2.24, 2.45) is 0 Å². The van der Waals surface area contributed by atoms with Crippen molar-refractivity contribution in [3.63, 3.8) is 0 Å². The minimum Gasteiger partial charge on any atom is -0.469 e. The molecule has 0 atom stereocenters. The normalized spacial score (nSPS) is 10.4. The average Bonchev–Trinajstić information content (AvgIpc) is 3.02. The molecule has 0 aromatic carbocycles. The van der Waals surface area contributed by atoms with Gasteiger partial charge >= 0.3 is 0 Å². The van der Waals surface area contributed by atoms with Gasteiger partial charge in [-0.1, -0.05) is 6.08 Å². The first-order valence-corrected chi connectivity index (χ1v) is 5.95. The van der Waals surface area contributed by atoms with Crippen molar-refractivity contribution in [2.45, 2.75) is 19.8 Å². The summed E-state index contributed by atoms with van der Waals surface area (Å²) in [6.45, 7) is 5.81. The number of furan rings is 1. The van der Waals surface area contributed by atoms with Gasteiger partial charge in [0, 0.05) is 19.4 Å². The minimum atomic E-state index is -0.0702. The number of carbonyl (C=O) groups excluding carboxylic acids is 1. The number of hydrogen-bond donors (Lipinski definition) is 1. The van der Waals surface area contributed by atoms with E-state index < -0.39 is 0 Å². The molecule has 1 amide bonds. The quantitative estimate of drug-likeness (QED) is 0.803. The number of hydrogen-bond acceptors (Lipinski definition) is 5. The second kappa shape index (κ2) is 5.99. The highest BCUT2D eigenvalue weighted by atomic mass is 16.4. The summed E-state index contributed by atoms with van der Waals surface area (Å²) < 4.78 is 10.7. The van der Waals surface area contributed by atoms with Crippen LogP contribution in [0.15, 0.2) is 33.8 Å². The summed E-state index contributed by atoms with van der Waals surface area (Å²) in [5.41, 5.74) is 0.773. The number of rotatable bonds is 6. The average molecular weight is 261 g/mol. The van der Waals surface area contributed by atoms with Crippen LogP contribution in [0.5, 0.6) is 0 Å². The summed E-state index contributed by atoms with van der Waals surface area (Å²) in [5.74, 6) is 1.50. The maximum absolute atomic E-state index is 11.4. The summed E-state index contributed by atoms with van der Waals surface area (Å²) in [7, 11) is 0. The topological polar surface area (TPSA) is 81.2 Å². The standard InChI is InChI=1S/C13H15N3O3/c1-3-7-14-11(17)4-5-12-15-16-13(19-12)10-6-8-18-9(10)2/h3,6,8H,1,4-5,7H2,2H3,(H,14,17). The number of nitrogens with zero attached hydrogens (tertiary/aromatic N) is 2. The van der Waals surface area contributed by atoms with Crippen molar-refractivity contribution in [2.75, 3.05) is 6.54 Å². The van der Waals surface area contributed by atoms with E-state index in [2.05, 4.69) is 22.1 Å². The zero-order valence-electron chi connectivity index (χ0n) is 10.7. The second-order valence-corrected chi connectivity index (χ2v) is 3.98. The Morgan fingerprint density at radius 1 is 1.53 bits per heavy atom. The van der Waals surface area contributed by atoms with Crippen LogP contribution < -0.4 is 5.32 Å². The maximum atomic E-state index is 11.4. The Morgan fingerprint density at radius 3 is 3.05 bits per heavy atom. The molecule has 6 heteroatoms. The Hall–Kier alpha value is -2.37. The van der Waals surface area contributed by atoms with E-state index >= 15 is 0 Å². The third kappa shape index (κ3) is 3.31. The van der Waals surface area contributed by atoms with Gasteiger partial charge in [0.1, 0.15) is 5.76 Å². The van der Waals surface area contributed by atoms with Crippen molar-refractivity contribution in [1.29, 1.82) is 0 Å². The van der Waals surface area contributed by atoms with Gasteiger partial charge in [0.25, 0.3) is 5.89 Å². The predicted octanol–water partition coefficient (Wildman–Crippen LogP) is 1.87. The molecule has 6 nitrogen and oxygen atoms in total. The Balaban J connectivity index is 1.93. The minimum absolute atomic E-state index is 0.0702. The fourth-order valence-electron chi connectivity index (χ4n) is 1.57. The number of nitrogens with one attached hydrogen (secondary N) is 1. The zero-order chi connectivity index (χ0) is 13.7. The van der Waals surface area contributed by atoms with E-state index in [-0.39, 0.29) is 5.91 Å². The molecular weight excluding hydrogens is 246 g/mol. The van der Waals surface area contributed by atoms with Gasteiger partial charge in [-0.3, -0.25) is 4.79 Å². The summed E-state index contributed by atoms with van der Waals surface area (Å²) in [5, 5.41) is 10.5. The second-order valence-electron chi connectivity index (χ2n) is 3.98. The molecule has 2 heterocycles. The largest absolute Gasteiger partial charge is 0.469 e. The van der Waals surface area contributed by atoms with Crippen molar-refractivity contribution in [3.05, 3.63) is 36.6 Å². The molecular formula is C13H15N3O3. The molecule has 0 fully saturated rings.